The first-order valence-electron chi connectivity index (χ1n) is 7.73. The summed E-state index contributed by atoms with van der Waals surface area (Å²) in [5, 5.41) is 0. The second-order valence-electron chi connectivity index (χ2n) is 5.90. The van der Waals surface area contributed by atoms with Crippen LogP contribution in [0.25, 0.3) is 0 Å². The predicted molar refractivity (Wildman–Crippen MR) is 95.0 cm³/mol. The van der Waals surface area contributed by atoms with Gasteiger partial charge < -0.3 is 19.5 Å². The molecular weight excluding hydrogens is 306 g/mol. The molecule has 0 bridgehead atoms. The lowest BCUT2D eigenvalue weighted by Crippen LogP contribution is -2.27. The van der Waals surface area contributed by atoms with Crippen LogP contribution < -0.4 is 15.2 Å². The van der Waals surface area contributed by atoms with Gasteiger partial charge >= 0.3 is 0 Å². The summed E-state index contributed by atoms with van der Waals surface area (Å²) in [5.41, 5.74) is 1.67. The molecular formula is C18H23N3O3. The number of hydrogen-bond acceptors (Lipinski definition) is 4. The van der Waals surface area contributed by atoms with Crippen LogP contribution >= 0.6 is 0 Å². The molecule has 6 nitrogen and oxygen atoms in total. The summed E-state index contributed by atoms with van der Waals surface area (Å²) in [7, 11) is 5.69. The zero-order valence-electron chi connectivity index (χ0n) is 14.5. The summed E-state index contributed by atoms with van der Waals surface area (Å²) >= 11 is 0. The molecule has 2 aromatic rings. The van der Waals surface area contributed by atoms with Crippen LogP contribution in [0.3, 0.4) is 0 Å². The second-order valence-corrected chi connectivity index (χ2v) is 5.90. The Morgan fingerprint density at radius 3 is 2.42 bits per heavy atom. The number of aryl methyl sites for hydroxylation is 1. The highest BCUT2D eigenvalue weighted by Gasteiger charge is 2.16. The molecule has 2 rings (SSSR count). The van der Waals surface area contributed by atoms with Gasteiger partial charge in [0.1, 0.15) is 12.4 Å². The SMILES string of the molecule is Cc1cc(=O)[nH]cc1C(=O)N(C)c1ccc(OCCN(C)C)cc1. The minimum absolute atomic E-state index is 0.176. The summed E-state index contributed by atoms with van der Waals surface area (Å²) in [6, 6.07) is 8.78. The van der Waals surface area contributed by atoms with Crippen molar-refractivity contribution >= 4 is 11.6 Å². The van der Waals surface area contributed by atoms with Crippen molar-refractivity contribution < 1.29 is 9.53 Å². The van der Waals surface area contributed by atoms with Gasteiger partial charge in [0, 0.05) is 31.5 Å². The number of nitrogens with zero attached hydrogens (tertiary/aromatic N) is 2. The van der Waals surface area contributed by atoms with Gasteiger partial charge in [0.15, 0.2) is 0 Å². The lowest BCUT2D eigenvalue weighted by Gasteiger charge is -2.19. The van der Waals surface area contributed by atoms with Gasteiger partial charge in [0.25, 0.3) is 5.91 Å². The minimum Gasteiger partial charge on any atom is -0.492 e. The highest BCUT2D eigenvalue weighted by Crippen LogP contribution is 2.20. The first-order valence-corrected chi connectivity index (χ1v) is 7.73. The summed E-state index contributed by atoms with van der Waals surface area (Å²) in [5.74, 6) is 0.590. The number of H-pyrrole nitrogens is 1. The fourth-order valence-corrected chi connectivity index (χ4v) is 2.21. The molecule has 1 heterocycles. The first kappa shape index (κ1) is 17.7. The molecule has 6 heteroatoms. The Hall–Kier alpha value is -2.60. The number of hydrogen-bond donors (Lipinski definition) is 1. The highest BCUT2D eigenvalue weighted by molar-refractivity contribution is 6.06. The van der Waals surface area contributed by atoms with E-state index in [1.54, 1.807) is 18.9 Å². The van der Waals surface area contributed by atoms with Crippen LogP contribution in [-0.4, -0.2) is 50.1 Å². The number of aromatic amines is 1. The van der Waals surface area contributed by atoms with Crippen LogP contribution in [-0.2, 0) is 0 Å². The molecule has 0 aliphatic carbocycles. The first-order chi connectivity index (χ1) is 11.4. The number of carbonyl (C=O) groups excluding carboxylic acids is 1. The molecule has 0 spiro atoms. The van der Waals surface area contributed by atoms with Crippen molar-refractivity contribution in [2.24, 2.45) is 0 Å². The van der Waals surface area contributed by atoms with E-state index < -0.39 is 0 Å². The van der Waals surface area contributed by atoms with Crippen LogP contribution in [0.1, 0.15) is 15.9 Å². The third kappa shape index (κ3) is 4.45. The molecule has 128 valence electrons. The maximum absolute atomic E-state index is 12.6. The Labute approximate surface area is 141 Å². The molecule has 0 saturated heterocycles. The van der Waals surface area contributed by atoms with Crippen LogP contribution in [0.4, 0.5) is 5.69 Å². The lowest BCUT2D eigenvalue weighted by molar-refractivity contribution is 0.0992. The van der Waals surface area contributed by atoms with Crippen molar-refractivity contribution in [2.75, 3.05) is 39.2 Å². The van der Waals surface area contributed by atoms with Crippen molar-refractivity contribution in [2.45, 2.75) is 6.92 Å². The summed E-state index contributed by atoms with van der Waals surface area (Å²) in [6.45, 7) is 3.20. The van der Waals surface area contributed by atoms with E-state index >= 15 is 0 Å². The molecule has 0 radical (unpaired) electrons. The van der Waals surface area contributed by atoms with Crippen molar-refractivity contribution in [3.63, 3.8) is 0 Å². The fraction of sp³-hybridized carbons (Fsp3) is 0.333. The minimum atomic E-state index is -0.217. The van der Waals surface area contributed by atoms with Crippen molar-refractivity contribution in [3.8, 4) is 5.75 Å². The van der Waals surface area contributed by atoms with E-state index in [0.29, 0.717) is 17.7 Å². The molecule has 1 aromatic heterocycles. The van der Waals surface area contributed by atoms with Gasteiger partial charge in [0.2, 0.25) is 5.56 Å². The summed E-state index contributed by atoms with van der Waals surface area (Å²) in [6.07, 6.45) is 1.45. The molecule has 1 N–H and O–H groups in total. The monoisotopic (exact) mass is 329 g/mol. The molecule has 0 fully saturated rings. The van der Waals surface area contributed by atoms with Gasteiger partial charge in [-0.15, -0.1) is 0 Å². The number of rotatable bonds is 6. The standard InChI is InChI=1S/C18H23N3O3/c1-13-11-17(22)19-12-16(13)18(23)21(4)14-5-7-15(8-6-14)24-10-9-20(2)3/h5-8,11-12H,9-10H2,1-4H3,(H,19,22). The lowest BCUT2D eigenvalue weighted by atomic mass is 10.1. The van der Waals surface area contributed by atoms with Crippen molar-refractivity contribution in [3.05, 3.63) is 58.0 Å². The number of benzene rings is 1. The molecule has 0 aliphatic rings. The number of anilines is 1. The Bertz CT molecular complexity index is 751. The number of nitrogens with one attached hydrogen (secondary N) is 1. The third-order valence-electron chi connectivity index (χ3n) is 3.70. The van der Waals surface area contributed by atoms with E-state index in [4.69, 9.17) is 4.74 Å². The molecule has 1 aromatic carbocycles. The average Bonchev–Trinajstić information content (AvgIpc) is 2.54. The highest BCUT2D eigenvalue weighted by atomic mass is 16.5. The van der Waals surface area contributed by atoms with Gasteiger partial charge in [-0.3, -0.25) is 9.59 Å². The number of carbonyl (C=O) groups is 1. The van der Waals surface area contributed by atoms with Gasteiger partial charge in [-0.2, -0.15) is 0 Å². The van der Waals surface area contributed by atoms with E-state index in [1.165, 1.54) is 12.3 Å². The fourth-order valence-electron chi connectivity index (χ4n) is 2.21. The Morgan fingerprint density at radius 2 is 1.83 bits per heavy atom. The summed E-state index contributed by atoms with van der Waals surface area (Å²) < 4.78 is 5.64. The molecule has 0 aliphatic heterocycles. The van der Waals surface area contributed by atoms with E-state index in [9.17, 15) is 9.59 Å². The Kier molecular flexibility index (Phi) is 5.76. The molecule has 24 heavy (non-hydrogen) atoms. The molecule has 0 unspecified atom stereocenters. The van der Waals surface area contributed by atoms with E-state index in [1.807, 2.05) is 43.3 Å². The summed E-state index contributed by atoms with van der Waals surface area (Å²) in [4.78, 5) is 30.0. The third-order valence-corrected chi connectivity index (χ3v) is 3.70. The van der Waals surface area contributed by atoms with Gasteiger partial charge in [-0.25, -0.2) is 0 Å². The number of pyridine rings is 1. The van der Waals surface area contributed by atoms with E-state index in [0.717, 1.165) is 18.0 Å². The van der Waals surface area contributed by atoms with Gasteiger partial charge in [-0.1, -0.05) is 0 Å². The van der Waals surface area contributed by atoms with Crippen LogP contribution in [0, 0.1) is 6.92 Å². The Morgan fingerprint density at radius 1 is 1.17 bits per heavy atom. The number of ether oxygens (including phenoxy) is 1. The predicted octanol–water partition coefficient (Wildman–Crippen LogP) is 1.90. The molecule has 0 saturated carbocycles. The van der Waals surface area contributed by atoms with Crippen molar-refractivity contribution in [1.82, 2.24) is 9.88 Å². The van der Waals surface area contributed by atoms with Gasteiger partial charge in [0.05, 0.1) is 5.56 Å². The van der Waals surface area contributed by atoms with Crippen LogP contribution in [0.5, 0.6) is 5.75 Å². The largest absolute Gasteiger partial charge is 0.492 e. The molecule has 0 atom stereocenters. The van der Waals surface area contributed by atoms with Crippen LogP contribution in [0.2, 0.25) is 0 Å². The quantitative estimate of drug-likeness (QED) is 0.879. The van der Waals surface area contributed by atoms with Crippen LogP contribution in [0.15, 0.2) is 41.3 Å². The van der Waals surface area contributed by atoms with E-state index in [2.05, 4.69) is 4.98 Å². The number of amides is 1. The smallest absolute Gasteiger partial charge is 0.259 e. The number of aromatic nitrogens is 1. The topological polar surface area (TPSA) is 65.6 Å². The average molecular weight is 329 g/mol. The maximum Gasteiger partial charge on any atom is 0.259 e. The Balaban J connectivity index is 2.07. The second kappa shape index (κ2) is 7.79. The maximum atomic E-state index is 12.6. The number of likely N-dealkylation sites (N-methyl/N-ethyl adjacent to an activating group) is 1. The van der Waals surface area contributed by atoms with Crippen molar-refractivity contribution in [1.29, 1.82) is 0 Å². The normalized spacial score (nSPS) is 10.7. The zero-order chi connectivity index (χ0) is 17.7. The van der Waals surface area contributed by atoms with E-state index in [-0.39, 0.29) is 11.5 Å². The molecule has 1 amide bonds. The zero-order valence-corrected chi connectivity index (χ0v) is 14.5. The van der Waals surface area contributed by atoms with Gasteiger partial charge in [-0.05, 0) is 50.8 Å².